The monoisotopic (exact) mass is 280 g/mol. The van der Waals surface area contributed by atoms with E-state index in [1.165, 1.54) is 19.3 Å². The molecule has 1 aromatic carbocycles. The third kappa shape index (κ3) is 4.22. The highest BCUT2D eigenvalue weighted by Gasteiger charge is 2.22. The van der Waals surface area contributed by atoms with E-state index < -0.39 is 0 Å². The number of hydrogen-bond acceptors (Lipinski definition) is 2. The quantitative estimate of drug-likeness (QED) is 0.869. The lowest BCUT2D eigenvalue weighted by Gasteiger charge is -2.15. The predicted molar refractivity (Wildman–Crippen MR) is 79.5 cm³/mol. The predicted octanol–water partition coefficient (Wildman–Crippen LogP) is 3.30. The third-order valence-corrected chi connectivity index (χ3v) is 4.21. The number of hydrogen-bond donors (Lipinski definition) is 2. The first kappa shape index (κ1) is 14.4. The molecule has 0 bridgehead atoms. The lowest BCUT2D eigenvalue weighted by atomic mass is 9.98. The van der Waals surface area contributed by atoms with Crippen LogP contribution >= 0.6 is 11.6 Å². The van der Waals surface area contributed by atoms with E-state index in [0.717, 1.165) is 12.5 Å². The van der Waals surface area contributed by atoms with Crippen LogP contribution in [0.5, 0.6) is 0 Å². The van der Waals surface area contributed by atoms with Crippen molar-refractivity contribution in [3.63, 3.8) is 0 Å². The topological polar surface area (TPSA) is 41.1 Å². The van der Waals surface area contributed by atoms with Crippen molar-refractivity contribution in [3.8, 4) is 0 Å². The number of benzene rings is 1. The molecular weight excluding hydrogens is 260 g/mol. The summed E-state index contributed by atoms with van der Waals surface area (Å²) < 4.78 is 0. The van der Waals surface area contributed by atoms with Gasteiger partial charge in [-0.1, -0.05) is 43.5 Å². The van der Waals surface area contributed by atoms with E-state index in [9.17, 15) is 4.79 Å². The number of amides is 1. The van der Waals surface area contributed by atoms with Crippen molar-refractivity contribution in [2.45, 2.75) is 26.2 Å². The molecule has 1 aliphatic carbocycles. The third-order valence-electron chi connectivity index (χ3n) is 3.88. The molecule has 1 amide bonds. The fourth-order valence-electron chi connectivity index (χ4n) is 2.65. The van der Waals surface area contributed by atoms with Crippen LogP contribution in [0, 0.1) is 11.8 Å². The Morgan fingerprint density at radius 3 is 2.84 bits per heavy atom. The zero-order valence-corrected chi connectivity index (χ0v) is 12.0. The first-order valence-corrected chi connectivity index (χ1v) is 7.29. The van der Waals surface area contributed by atoms with Crippen molar-refractivity contribution in [2.24, 2.45) is 11.8 Å². The van der Waals surface area contributed by atoms with E-state index in [1.54, 1.807) is 12.1 Å². The molecule has 104 valence electrons. The minimum Gasteiger partial charge on any atom is -0.324 e. The molecule has 1 fully saturated rings. The number of nitrogens with one attached hydrogen (secondary N) is 2. The summed E-state index contributed by atoms with van der Waals surface area (Å²) in [5.41, 5.74) is 0.671. The average molecular weight is 281 g/mol. The number of carbonyl (C=O) groups excluding carboxylic acids is 1. The zero-order chi connectivity index (χ0) is 13.7. The number of para-hydroxylation sites is 1. The highest BCUT2D eigenvalue weighted by atomic mass is 35.5. The van der Waals surface area contributed by atoms with Crippen LogP contribution in [0.4, 0.5) is 5.69 Å². The molecule has 0 aliphatic heterocycles. The SMILES string of the molecule is CC1CCCC1CNCC(=O)Nc1ccccc1Cl. The molecule has 0 radical (unpaired) electrons. The molecule has 1 aliphatic rings. The molecule has 2 rings (SSSR count). The van der Waals surface area contributed by atoms with Crippen LogP contribution in [0.1, 0.15) is 26.2 Å². The van der Waals surface area contributed by atoms with Gasteiger partial charge in [0.25, 0.3) is 0 Å². The summed E-state index contributed by atoms with van der Waals surface area (Å²) in [6.07, 6.45) is 3.91. The normalized spacial score (nSPS) is 22.4. The van der Waals surface area contributed by atoms with Crippen LogP contribution in [-0.4, -0.2) is 19.0 Å². The molecular formula is C15H21ClN2O. The zero-order valence-electron chi connectivity index (χ0n) is 11.3. The minimum absolute atomic E-state index is 0.0428. The Morgan fingerprint density at radius 2 is 2.16 bits per heavy atom. The van der Waals surface area contributed by atoms with E-state index in [1.807, 2.05) is 12.1 Å². The molecule has 3 nitrogen and oxygen atoms in total. The van der Waals surface area contributed by atoms with Gasteiger partial charge < -0.3 is 10.6 Å². The number of rotatable bonds is 5. The highest BCUT2D eigenvalue weighted by molar-refractivity contribution is 6.33. The Kier molecular flexibility index (Phi) is 5.23. The maximum Gasteiger partial charge on any atom is 0.238 e. The fourth-order valence-corrected chi connectivity index (χ4v) is 2.84. The molecule has 2 atom stereocenters. The average Bonchev–Trinajstić information content (AvgIpc) is 2.78. The molecule has 1 saturated carbocycles. The first-order valence-electron chi connectivity index (χ1n) is 6.92. The maximum absolute atomic E-state index is 11.8. The van der Waals surface area contributed by atoms with Crippen molar-refractivity contribution in [1.29, 1.82) is 0 Å². The standard InChI is InChI=1S/C15H21ClN2O/c1-11-5-4-6-12(11)9-17-10-15(19)18-14-8-3-2-7-13(14)16/h2-3,7-8,11-12,17H,4-6,9-10H2,1H3,(H,18,19). The Labute approximate surface area is 119 Å². The van der Waals surface area contributed by atoms with E-state index in [-0.39, 0.29) is 5.91 Å². The molecule has 0 saturated heterocycles. The van der Waals surface area contributed by atoms with Gasteiger partial charge in [0.05, 0.1) is 17.3 Å². The van der Waals surface area contributed by atoms with Gasteiger partial charge in [-0.2, -0.15) is 0 Å². The summed E-state index contributed by atoms with van der Waals surface area (Å²) in [4.78, 5) is 11.8. The minimum atomic E-state index is -0.0428. The molecule has 0 aromatic heterocycles. The lowest BCUT2D eigenvalue weighted by Crippen LogP contribution is -2.32. The van der Waals surface area contributed by atoms with Gasteiger partial charge in [0.15, 0.2) is 0 Å². The molecule has 4 heteroatoms. The fraction of sp³-hybridized carbons (Fsp3) is 0.533. The van der Waals surface area contributed by atoms with Crippen molar-refractivity contribution >= 4 is 23.2 Å². The number of carbonyl (C=O) groups is 1. The largest absolute Gasteiger partial charge is 0.324 e. The van der Waals surface area contributed by atoms with Gasteiger partial charge >= 0.3 is 0 Å². The lowest BCUT2D eigenvalue weighted by molar-refractivity contribution is -0.115. The second-order valence-corrected chi connectivity index (χ2v) is 5.73. The molecule has 1 aromatic rings. The summed E-state index contributed by atoms with van der Waals surface area (Å²) >= 11 is 5.99. The van der Waals surface area contributed by atoms with Gasteiger partial charge in [-0.25, -0.2) is 0 Å². The Bertz CT molecular complexity index is 436. The van der Waals surface area contributed by atoms with E-state index in [4.69, 9.17) is 11.6 Å². The summed E-state index contributed by atoms with van der Waals surface area (Å²) in [5, 5.41) is 6.63. The van der Waals surface area contributed by atoms with Crippen molar-refractivity contribution in [2.75, 3.05) is 18.4 Å². The van der Waals surface area contributed by atoms with Crippen LogP contribution in [0.2, 0.25) is 5.02 Å². The molecule has 0 spiro atoms. The van der Waals surface area contributed by atoms with Gasteiger partial charge in [0, 0.05) is 0 Å². The smallest absolute Gasteiger partial charge is 0.238 e. The first-order chi connectivity index (χ1) is 9.16. The van der Waals surface area contributed by atoms with E-state index >= 15 is 0 Å². The summed E-state index contributed by atoms with van der Waals surface area (Å²) in [6.45, 7) is 3.56. The molecule has 19 heavy (non-hydrogen) atoms. The van der Waals surface area contributed by atoms with Crippen LogP contribution in [0.15, 0.2) is 24.3 Å². The van der Waals surface area contributed by atoms with Crippen molar-refractivity contribution < 1.29 is 4.79 Å². The van der Waals surface area contributed by atoms with Crippen LogP contribution < -0.4 is 10.6 Å². The summed E-state index contributed by atoms with van der Waals surface area (Å²) in [5.74, 6) is 1.45. The maximum atomic E-state index is 11.8. The molecule has 2 N–H and O–H groups in total. The van der Waals surface area contributed by atoms with Crippen LogP contribution in [0.3, 0.4) is 0 Å². The van der Waals surface area contributed by atoms with Gasteiger partial charge in [-0.3, -0.25) is 4.79 Å². The van der Waals surface area contributed by atoms with Crippen LogP contribution in [0.25, 0.3) is 0 Å². The number of anilines is 1. The Morgan fingerprint density at radius 1 is 1.37 bits per heavy atom. The van der Waals surface area contributed by atoms with Crippen LogP contribution in [-0.2, 0) is 4.79 Å². The van der Waals surface area contributed by atoms with Gasteiger partial charge in [0.1, 0.15) is 0 Å². The molecule has 0 heterocycles. The van der Waals surface area contributed by atoms with Gasteiger partial charge in [-0.05, 0) is 36.9 Å². The van der Waals surface area contributed by atoms with Crippen molar-refractivity contribution in [3.05, 3.63) is 29.3 Å². The second kappa shape index (κ2) is 6.92. The summed E-state index contributed by atoms with van der Waals surface area (Å²) in [7, 11) is 0. The number of halogens is 1. The summed E-state index contributed by atoms with van der Waals surface area (Å²) in [6, 6.07) is 7.27. The van der Waals surface area contributed by atoms with Gasteiger partial charge in [0.2, 0.25) is 5.91 Å². The molecule has 2 unspecified atom stereocenters. The second-order valence-electron chi connectivity index (χ2n) is 5.33. The Hall–Kier alpha value is -1.06. The van der Waals surface area contributed by atoms with Gasteiger partial charge in [-0.15, -0.1) is 0 Å². The Balaban J connectivity index is 1.72. The van der Waals surface area contributed by atoms with Crippen molar-refractivity contribution in [1.82, 2.24) is 5.32 Å². The highest BCUT2D eigenvalue weighted by Crippen LogP contribution is 2.30. The van der Waals surface area contributed by atoms with E-state index in [2.05, 4.69) is 17.6 Å². The van der Waals surface area contributed by atoms with E-state index in [0.29, 0.717) is 23.2 Å².